The summed E-state index contributed by atoms with van der Waals surface area (Å²) in [5, 5.41) is 3.43. The summed E-state index contributed by atoms with van der Waals surface area (Å²) in [6.07, 6.45) is 1.79. The van der Waals surface area contributed by atoms with E-state index >= 15 is 0 Å². The summed E-state index contributed by atoms with van der Waals surface area (Å²) < 4.78 is 0. The van der Waals surface area contributed by atoms with Gasteiger partial charge in [0.05, 0.1) is 5.16 Å². The van der Waals surface area contributed by atoms with Crippen molar-refractivity contribution in [1.29, 1.82) is 0 Å². The molecular weight excluding hydrogens is 133 g/mol. The minimum absolute atomic E-state index is 0. The molecule has 0 aromatic carbocycles. The molecular formula is C4H9Cl2N. The van der Waals surface area contributed by atoms with Crippen LogP contribution in [0.5, 0.6) is 0 Å². The van der Waals surface area contributed by atoms with E-state index in [9.17, 15) is 0 Å². The molecule has 44 valence electrons. The second-order valence-electron chi connectivity index (χ2n) is 0.887. The zero-order chi connectivity index (χ0) is 4.99. The summed E-state index contributed by atoms with van der Waals surface area (Å²) in [5.41, 5.74) is 0. The number of hydrogen-bond acceptors (Lipinski definition) is 1. The van der Waals surface area contributed by atoms with Crippen LogP contribution in [-0.4, -0.2) is 7.05 Å². The molecule has 1 N–H and O–H groups in total. The first-order chi connectivity index (χ1) is 2.81. The van der Waals surface area contributed by atoms with Crippen LogP contribution < -0.4 is 5.32 Å². The van der Waals surface area contributed by atoms with Gasteiger partial charge in [-0.25, -0.2) is 0 Å². The largest absolute Gasteiger partial charge is 0.379 e. The Balaban J connectivity index is 0. The lowest BCUT2D eigenvalue weighted by atomic mass is 10.7. The molecule has 0 aromatic heterocycles. The van der Waals surface area contributed by atoms with Gasteiger partial charge in [0, 0.05) is 7.05 Å². The zero-order valence-corrected chi connectivity index (χ0v) is 5.94. The highest BCUT2D eigenvalue weighted by atomic mass is 35.5. The van der Waals surface area contributed by atoms with E-state index in [1.54, 1.807) is 13.1 Å². The van der Waals surface area contributed by atoms with Crippen LogP contribution >= 0.6 is 24.0 Å². The molecule has 0 saturated carbocycles. The van der Waals surface area contributed by atoms with E-state index in [0.29, 0.717) is 5.16 Å². The normalized spacial score (nSPS) is 9.86. The molecule has 1 nitrogen and oxygen atoms in total. The molecule has 3 heteroatoms. The third-order valence-electron chi connectivity index (χ3n) is 0.492. The fourth-order valence-electron chi connectivity index (χ4n) is 0.144. The minimum Gasteiger partial charge on any atom is -0.379 e. The fourth-order valence-corrected chi connectivity index (χ4v) is 0.144. The van der Waals surface area contributed by atoms with E-state index in [4.69, 9.17) is 11.6 Å². The number of allylic oxidation sites excluding steroid dienone is 1. The molecule has 0 atom stereocenters. The summed E-state index contributed by atoms with van der Waals surface area (Å²) in [6.45, 7) is 1.87. The van der Waals surface area contributed by atoms with Crippen molar-refractivity contribution in [2.45, 2.75) is 6.92 Å². The van der Waals surface area contributed by atoms with Gasteiger partial charge in [-0.15, -0.1) is 12.4 Å². The third-order valence-corrected chi connectivity index (χ3v) is 0.899. The second-order valence-corrected chi connectivity index (χ2v) is 1.29. The smallest absolute Gasteiger partial charge is 0.0972 e. The van der Waals surface area contributed by atoms with Crippen LogP contribution in [0.25, 0.3) is 0 Å². The highest BCUT2D eigenvalue weighted by Gasteiger charge is 1.73. The van der Waals surface area contributed by atoms with Crippen molar-refractivity contribution in [2.24, 2.45) is 0 Å². The van der Waals surface area contributed by atoms with Crippen LogP contribution in [0, 0.1) is 0 Å². The number of rotatable bonds is 1. The lowest BCUT2D eigenvalue weighted by Crippen LogP contribution is -1.97. The molecule has 0 unspecified atom stereocenters. The van der Waals surface area contributed by atoms with Gasteiger partial charge in [-0.3, -0.25) is 0 Å². The second kappa shape index (κ2) is 6.12. The van der Waals surface area contributed by atoms with Crippen molar-refractivity contribution in [1.82, 2.24) is 5.32 Å². The summed E-state index contributed by atoms with van der Waals surface area (Å²) in [6, 6.07) is 0. The predicted octanol–water partition coefficient (Wildman–Crippen LogP) is 1.73. The molecule has 0 saturated heterocycles. The average Bonchev–Trinajstić information content (AvgIpc) is 1.65. The van der Waals surface area contributed by atoms with Gasteiger partial charge in [0.2, 0.25) is 0 Å². The first-order valence-electron chi connectivity index (χ1n) is 1.81. The van der Waals surface area contributed by atoms with Crippen LogP contribution in [0.1, 0.15) is 6.92 Å². The number of hydrogen-bond donors (Lipinski definition) is 1. The maximum absolute atomic E-state index is 5.40. The molecule has 0 rings (SSSR count). The zero-order valence-electron chi connectivity index (χ0n) is 4.36. The van der Waals surface area contributed by atoms with Crippen molar-refractivity contribution in [3.05, 3.63) is 11.2 Å². The predicted molar refractivity (Wildman–Crippen MR) is 35.9 cm³/mol. The lowest BCUT2D eigenvalue weighted by Gasteiger charge is -1.88. The highest BCUT2D eigenvalue weighted by molar-refractivity contribution is 6.29. The van der Waals surface area contributed by atoms with Crippen molar-refractivity contribution in [3.8, 4) is 0 Å². The first-order valence-corrected chi connectivity index (χ1v) is 2.18. The number of halogens is 2. The molecule has 0 aromatic rings. The Kier molecular flexibility index (Phi) is 8.89. The highest BCUT2D eigenvalue weighted by Crippen LogP contribution is 1.89. The summed E-state index contributed by atoms with van der Waals surface area (Å²) in [4.78, 5) is 0. The van der Waals surface area contributed by atoms with E-state index < -0.39 is 0 Å². The minimum atomic E-state index is 0. The van der Waals surface area contributed by atoms with Gasteiger partial charge in [-0.05, 0) is 6.92 Å². The molecule has 0 aliphatic rings. The van der Waals surface area contributed by atoms with Crippen molar-refractivity contribution >= 4 is 24.0 Å². The Labute approximate surface area is 55.2 Å². The third kappa shape index (κ3) is 6.12. The van der Waals surface area contributed by atoms with Gasteiger partial charge >= 0.3 is 0 Å². The van der Waals surface area contributed by atoms with E-state index in [0.717, 1.165) is 0 Å². The van der Waals surface area contributed by atoms with Crippen LogP contribution in [0.2, 0.25) is 0 Å². The monoisotopic (exact) mass is 141 g/mol. The summed E-state index contributed by atoms with van der Waals surface area (Å²) >= 11 is 5.40. The topological polar surface area (TPSA) is 12.0 Å². The molecule has 7 heavy (non-hydrogen) atoms. The van der Waals surface area contributed by atoms with Gasteiger partial charge in [0.15, 0.2) is 0 Å². The molecule has 0 aliphatic heterocycles. The Morgan fingerprint density at radius 3 is 2.14 bits per heavy atom. The maximum atomic E-state index is 5.40. The number of nitrogens with one attached hydrogen (secondary N) is 1. The maximum Gasteiger partial charge on any atom is 0.0972 e. The van der Waals surface area contributed by atoms with Gasteiger partial charge in [0.25, 0.3) is 0 Å². The fraction of sp³-hybridized carbons (Fsp3) is 0.500. The Hall–Kier alpha value is 0.120. The quantitative estimate of drug-likeness (QED) is 0.549. The molecule has 0 bridgehead atoms. The van der Waals surface area contributed by atoms with Crippen LogP contribution in [0.3, 0.4) is 0 Å². The van der Waals surface area contributed by atoms with Crippen LogP contribution in [0.4, 0.5) is 0 Å². The molecule has 0 radical (unpaired) electrons. The lowest BCUT2D eigenvalue weighted by molar-refractivity contribution is 1.07. The summed E-state index contributed by atoms with van der Waals surface area (Å²) in [5.74, 6) is 0. The molecule has 0 aliphatic carbocycles. The van der Waals surface area contributed by atoms with Crippen molar-refractivity contribution in [2.75, 3.05) is 7.05 Å². The molecule has 0 fully saturated rings. The average molecular weight is 142 g/mol. The van der Waals surface area contributed by atoms with Gasteiger partial charge in [0.1, 0.15) is 0 Å². The first kappa shape index (κ1) is 10.2. The standard InChI is InChI=1S/C4H8ClN.ClH/c1-3-4(5)6-2;/h3,6H,1-2H3;1H. The molecule has 0 spiro atoms. The Bertz CT molecular complexity index is 60.7. The van der Waals surface area contributed by atoms with Gasteiger partial charge < -0.3 is 5.32 Å². The van der Waals surface area contributed by atoms with E-state index in [2.05, 4.69) is 5.32 Å². The Morgan fingerprint density at radius 1 is 1.71 bits per heavy atom. The van der Waals surface area contributed by atoms with E-state index in [-0.39, 0.29) is 12.4 Å². The van der Waals surface area contributed by atoms with Crippen molar-refractivity contribution < 1.29 is 0 Å². The van der Waals surface area contributed by atoms with Gasteiger partial charge in [-0.2, -0.15) is 0 Å². The van der Waals surface area contributed by atoms with Gasteiger partial charge in [-0.1, -0.05) is 17.7 Å². The van der Waals surface area contributed by atoms with Crippen LogP contribution in [0.15, 0.2) is 11.2 Å². The van der Waals surface area contributed by atoms with E-state index in [1.165, 1.54) is 0 Å². The Morgan fingerprint density at radius 2 is 2.14 bits per heavy atom. The molecule has 0 heterocycles. The molecule has 0 amide bonds. The summed E-state index contributed by atoms with van der Waals surface area (Å²) in [7, 11) is 1.78. The van der Waals surface area contributed by atoms with E-state index in [1.807, 2.05) is 6.92 Å². The van der Waals surface area contributed by atoms with Crippen molar-refractivity contribution in [3.63, 3.8) is 0 Å². The SMILES string of the molecule is CC=C(Cl)NC.Cl. The van der Waals surface area contributed by atoms with Crippen LogP contribution in [-0.2, 0) is 0 Å².